The van der Waals surface area contributed by atoms with Gasteiger partial charge in [0.15, 0.2) is 5.60 Å². The molecule has 2 atom stereocenters. The number of hydrogen-bond donors (Lipinski definition) is 1. The van der Waals surface area contributed by atoms with E-state index in [1.165, 1.54) is 10.9 Å². The van der Waals surface area contributed by atoms with Gasteiger partial charge in [-0.2, -0.15) is 0 Å². The number of aryl methyl sites for hydroxylation is 1. The van der Waals surface area contributed by atoms with Crippen LogP contribution in [0.4, 0.5) is 5.69 Å². The summed E-state index contributed by atoms with van der Waals surface area (Å²) in [6.07, 6.45) is 1.24. The van der Waals surface area contributed by atoms with E-state index >= 15 is 0 Å². The third-order valence-corrected chi connectivity index (χ3v) is 7.80. The van der Waals surface area contributed by atoms with E-state index in [1.807, 2.05) is 45.0 Å². The Morgan fingerprint density at radius 1 is 1.07 bits per heavy atom. The quantitative estimate of drug-likeness (QED) is 0.649. The van der Waals surface area contributed by atoms with Crippen molar-refractivity contribution >= 4 is 39.4 Å². The lowest BCUT2D eigenvalue weighted by molar-refractivity contribution is -0.165. The largest absolute Gasteiger partial charge is 0.448 e. The molecule has 1 N–H and O–H groups in total. The molecule has 1 aromatic heterocycles. The van der Waals surface area contributed by atoms with Crippen LogP contribution in [-0.2, 0) is 20.9 Å². The molecule has 2 aliphatic rings. The summed E-state index contributed by atoms with van der Waals surface area (Å²) in [5.74, 6) is -0.485. The van der Waals surface area contributed by atoms with Gasteiger partial charge in [-0.3, -0.25) is 9.59 Å². The van der Waals surface area contributed by atoms with Gasteiger partial charge >= 0.3 is 5.97 Å². The Morgan fingerprint density at radius 2 is 1.79 bits per heavy atom. The first kappa shape index (κ1) is 18.2. The number of esters is 1. The van der Waals surface area contributed by atoms with E-state index in [0.717, 1.165) is 23.1 Å². The van der Waals surface area contributed by atoms with E-state index in [-0.39, 0.29) is 11.9 Å². The molecule has 5 nitrogen and oxygen atoms in total. The maximum absolute atomic E-state index is 13.4. The van der Waals surface area contributed by atoms with E-state index in [0.29, 0.717) is 12.8 Å². The summed E-state index contributed by atoms with van der Waals surface area (Å²) in [7, 11) is 0. The van der Waals surface area contributed by atoms with E-state index in [2.05, 4.69) is 35.0 Å². The number of benzene rings is 2. The average molecular weight is 390 g/mol. The van der Waals surface area contributed by atoms with Gasteiger partial charge in [-0.1, -0.05) is 32.0 Å². The van der Waals surface area contributed by atoms with Gasteiger partial charge < -0.3 is 14.6 Å². The lowest BCUT2D eigenvalue weighted by Crippen LogP contribution is -2.50. The Morgan fingerprint density at radius 3 is 2.45 bits per heavy atom. The van der Waals surface area contributed by atoms with Crippen molar-refractivity contribution in [3.05, 3.63) is 42.5 Å². The third-order valence-electron chi connectivity index (χ3n) is 7.80. The summed E-state index contributed by atoms with van der Waals surface area (Å²) in [5.41, 5.74) is 0.788. The van der Waals surface area contributed by atoms with Gasteiger partial charge in [0.2, 0.25) is 0 Å². The van der Waals surface area contributed by atoms with Crippen LogP contribution in [0.3, 0.4) is 0 Å². The summed E-state index contributed by atoms with van der Waals surface area (Å²) in [6.45, 7) is 8.88. The standard InChI is InChI=1S/C24H26N2O3/c1-5-26-18-9-7-6-8-16(18)17-14-15(10-11-19(17)26)25-20(27)24-13-12-23(4,21(28)29-24)22(24,2)3/h6-11,14H,5,12-13H2,1-4H3,(H,25,27). The van der Waals surface area contributed by atoms with Gasteiger partial charge in [0.25, 0.3) is 5.91 Å². The fraction of sp³-hybridized carbons (Fsp3) is 0.417. The normalized spacial score (nSPS) is 27.5. The molecule has 1 saturated carbocycles. The molecule has 0 radical (unpaired) electrons. The molecule has 2 bridgehead atoms. The number of carbonyl (C=O) groups excluding carboxylic acids is 2. The van der Waals surface area contributed by atoms with E-state index in [9.17, 15) is 9.59 Å². The van der Waals surface area contributed by atoms with Crippen molar-refractivity contribution in [2.45, 2.75) is 52.7 Å². The number of anilines is 1. The molecule has 2 aromatic carbocycles. The van der Waals surface area contributed by atoms with Crippen molar-refractivity contribution in [1.82, 2.24) is 4.57 Å². The van der Waals surface area contributed by atoms with Crippen LogP contribution in [0.2, 0.25) is 0 Å². The van der Waals surface area contributed by atoms with Gasteiger partial charge in [-0.25, -0.2) is 0 Å². The lowest BCUT2D eigenvalue weighted by Gasteiger charge is -2.35. The first-order chi connectivity index (χ1) is 13.7. The Hall–Kier alpha value is -2.82. The van der Waals surface area contributed by atoms with Crippen molar-refractivity contribution in [3.8, 4) is 0 Å². The Kier molecular flexibility index (Phi) is 3.53. The Balaban J connectivity index is 1.55. The van der Waals surface area contributed by atoms with Crippen LogP contribution in [0.25, 0.3) is 21.8 Å². The van der Waals surface area contributed by atoms with Crippen LogP contribution >= 0.6 is 0 Å². The zero-order valence-corrected chi connectivity index (χ0v) is 17.3. The minimum atomic E-state index is -1.11. The highest BCUT2D eigenvalue weighted by molar-refractivity contribution is 6.10. The zero-order valence-electron chi connectivity index (χ0n) is 17.3. The summed E-state index contributed by atoms with van der Waals surface area (Å²) >= 11 is 0. The number of aromatic nitrogens is 1. The molecule has 29 heavy (non-hydrogen) atoms. The summed E-state index contributed by atoms with van der Waals surface area (Å²) in [6, 6.07) is 14.3. The van der Waals surface area contributed by atoms with E-state index in [1.54, 1.807) is 0 Å². The highest BCUT2D eigenvalue weighted by Gasteiger charge is 2.75. The molecular weight excluding hydrogens is 364 g/mol. The Bertz CT molecular complexity index is 1190. The second-order valence-corrected chi connectivity index (χ2v) is 9.12. The average Bonchev–Trinajstić information content (AvgIpc) is 3.18. The third kappa shape index (κ3) is 2.05. The summed E-state index contributed by atoms with van der Waals surface area (Å²) < 4.78 is 8.00. The number of hydrogen-bond acceptors (Lipinski definition) is 3. The number of fused-ring (bicyclic) bond motifs is 5. The molecule has 2 fully saturated rings. The smallest absolute Gasteiger partial charge is 0.313 e. The minimum Gasteiger partial charge on any atom is -0.448 e. The Labute approximate surface area is 170 Å². The molecule has 2 unspecified atom stereocenters. The molecule has 1 aliphatic carbocycles. The van der Waals surface area contributed by atoms with Crippen LogP contribution in [0, 0.1) is 10.8 Å². The second kappa shape index (κ2) is 5.62. The molecule has 1 aliphatic heterocycles. The maximum atomic E-state index is 13.4. The van der Waals surface area contributed by atoms with Crippen molar-refractivity contribution in [2.75, 3.05) is 5.32 Å². The lowest BCUT2D eigenvalue weighted by atomic mass is 9.66. The molecule has 5 heteroatoms. The predicted molar refractivity (Wildman–Crippen MR) is 114 cm³/mol. The van der Waals surface area contributed by atoms with Gasteiger partial charge in [0.1, 0.15) is 0 Å². The van der Waals surface area contributed by atoms with Crippen LogP contribution in [0.15, 0.2) is 42.5 Å². The molecule has 5 rings (SSSR count). The minimum absolute atomic E-state index is 0.226. The fourth-order valence-corrected chi connectivity index (χ4v) is 5.45. The van der Waals surface area contributed by atoms with Crippen molar-refractivity contribution in [2.24, 2.45) is 10.8 Å². The van der Waals surface area contributed by atoms with Gasteiger partial charge in [0, 0.05) is 39.5 Å². The van der Waals surface area contributed by atoms with Gasteiger partial charge in [0.05, 0.1) is 5.41 Å². The van der Waals surface area contributed by atoms with Crippen molar-refractivity contribution in [3.63, 3.8) is 0 Å². The summed E-state index contributed by atoms with van der Waals surface area (Å²) in [5, 5.41) is 5.33. The van der Waals surface area contributed by atoms with Crippen LogP contribution < -0.4 is 5.32 Å². The maximum Gasteiger partial charge on any atom is 0.313 e. The summed E-state index contributed by atoms with van der Waals surface area (Å²) in [4.78, 5) is 25.9. The van der Waals surface area contributed by atoms with Gasteiger partial charge in [-0.05, 0) is 51.0 Å². The highest BCUT2D eigenvalue weighted by atomic mass is 16.6. The van der Waals surface area contributed by atoms with Crippen LogP contribution in [0.1, 0.15) is 40.5 Å². The van der Waals surface area contributed by atoms with E-state index in [4.69, 9.17) is 4.74 Å². The topological polar surface area (TPSA) is 60.3 Å². The first-order valence-electron chi connectivity index (χ1n) is 10.3. The molecule has 2 heterocycles. The number of carbonyl (C=O) groups is 2. The monoisotopic (exact) mass is 390 g/mol. The second-order valence-electron chi connectivity index (χ2n) is 9.12. The molecule has 0 spiro atoms. The number of nitrogens with one attached hydrogen (secondary N) is 1. The van der Waals surface area contributed by atoms with Crippen LogP contribution in [0.5, 0.6) is 0 Å². The number of ether oxygens (including phenoxy) is 1. The van der Waals surface area contributed by atoms with Crippen molar-refractivity contribution < 1.29 is 14.3 Å². The van der Waals surface area contributed by atoms with E-state index < -0.39 is 16.4 Å². The zero-order chi connectivity index (χ0) is 20.6. The fourth-order valence-electron chi connectivity index (χ4n) is 5.45. The number of para-hydroxylation sites is 1. The number of rotatable bonds is 3. The van der Waals surface area contributed by atoms with Crippen LogP contribution in [-0.4, -0.2) is 22.0 Å². The van der Waals surface area contributed by atoms with Crippen molar-refractivity contribution in [1.29, 1.82) is 0 Å². The highest BCUT2D eigenvalue weighted by Crippen LogP contribution is 2.65. The number of amides is 1. The molecule has 150 valence electrons. The molecule has 1 saturated heterocycles. The van der Waals surface area contributed by atoms with Gasteiger partial charge in [-0.15, -0.1) is 0 Å². The molecule has 3 aromatic rings. The SMILES string of the molecule is CCn1c2ccccc2c2cc(NC(=O)C34CCC(C)(C(=O)O3)C4(C)C)ccc21. The molecule has 1 amide bonds. The number of nitrogens with zero attached hydrogens (tertiary/aromatic N) is 1. The first-order valence-corrected chi connectivity index (χ1v) is 10.3. The molecular formula is C24H26N2O3. The predicted octanol–water partition coefficient (Wildman–Crippen LogP) is 4.87.